The molecule has 1 aromatic heterocycles. The summed E-state index contributed by atoms with van der Waals surface area (Å²) in [4.78, 5) is 24.2. The van der Waals surface area contributed by atoms with Crippen LogP contribution in [-0.2, 0) is 11.2 Å². The molecule has 0 amide bonds. The van der Waals surface area contributed by atoms with Gasteiger partial charge in [0.25, 0.3) is 6.43 Å². The monoisotopic (exact) mass is 521 g/mol. The highest BCUT2D eigenvalue weighted by molar-refractivity contribution is 6.31. The third-order valence-electron chi connectivity index (χ3n) is 6.25. The van der Waals surface area contributed by atoms with E-state index >= 15 is 0 Å². The van der Waals surface area contributed by atoms with Crippen molar-refractivity contribution >= 4 is 23.4 Å². The van der Waals surface area contributed by atoms with Crippen molar-refractivity contribution in [1.29, 1.82) is 0 Å². The fraction of sp³-hybridized carbons (Fsp3) is 0.269. The number of hydrogen-bond acceptors (Lipinski definition) is 3. The summed E-state index contributed by atoms with van der Waals surface area (Å²) in [7, 11) is 0. The lowest BCUT2D eigenvalue weighted by atomic mass is 9.89. The zero-order chi connectivity index (χ0) is 26.1. The van der Waals surface area contributed by atoms with E-state index in [0.29, 0.717) is 11.2 Å². The quantitative estimate of drug-likeness (QED) is 0.205. The summed E-state index contributed by atoms with van der Waals surface area (Å²) < 4.78 is 56.1. The van der Waals surface area contributed by atoms with Crippen LogP contribution in [0.5, 0.6) is 0 Å². The lowest BCUT2D eigenvalue weighted by Crippen LogP contribution is -2.36. The Balaban J connectivity index is 1.67. The molecule has 0 saturated heterocycles. The van der Waals surface area contributed by atoms with Crippen LogP contribution in [0.3, 0.4) is 0 Å². The van der Waals surface area contributed by atoms with Crippen LogP contribution >= 0.6 is 11.6 Å². The van der Waals surface area contributed by atoms with E-state index in [2.05, 4.69) is 0 Å². The maximum Gasteiger partial charge on any atom is 0.338 e. The summed E-state index contributed by atoms with van der Waals surface area (Å²) in [5.41, 5.74) is -1.45. The molecule has 1 saturated carbocycles. The second kappa shape index (κ2) is 10.3. The maximum atomic E-state index is 14.7. The summed E-state index contributed by atoms with van der Waals surface area (Å²) >= 11 is 5.77. The van der Waals surface area contributed by atoms with Gasteiger partial charge in [0.05, 0.1) is 16.1 Å². The Morgan fingerprint density at radius 1 is 1.11 bits per heavy atom. The topological polar surface area (TPSA) is 81.3 Å². The van der Waals surface area contributed by atoms with E-state index < -0.39 is 46.6 Å². The zero-order valence-corrected chi connectivity index (χ0v) is 19.4. The molecule has 1 heterocycles. The standard InChI is InChI=1S/C26H20ClF4NO4/c27-19-7-6-17(25(30)31)23(24(19)29)15-4-8-21(32(36)12-15)18(9-13-1-2-13)22(33)11-14-3-5-16(26(34)35)20(28)10-14/h3-8,10,12-13,18,25H,1-2,9,11H2,(H,34,35). The number of benzene rings is 2. The number of pyridine rings is 1. The van der Waals surface area contributed by atoms with Crippen LogP contribution in [0.2, 0.25) is 5.02 Å². The average molecular weight is 522 g/mol. The fourth-order valence-corrected chi connectivity index (χ4v) is 4.38. The van der Waals surface area contributed by atoms with E-state index in [0.717, 1.165) is 43.3 Å². The molecule has 0 aliphatic heterocycles. The molecule has 1 atom stereocenters. The molecule has 1 unspecified atom stereocenters. The predicted molar refractivity (Wildman–Crippen MR) is 123 cm³/mol. The molecule has 0 spiro atoms. The first kappa shape index (κ1) is 25.6. The molecular formula is C26H20ClF4NO4. The minimum Gasteiger partial charge on any atom is -0.618 e. The molecule has 1 fully saturated rings. The van der Waals surface area contributed by atoms with Gasteiger partial charge in [-0.25, -0.2) is 22.4 Å². The molecule has 0 radical (unpaired) electrons. The highest BCUT2D eigenvalue weighted by Gasteiger charge is 2.35. The number of carbonyl (C=O) groups is 2. The van der Waals surface area contributed by atoms with Crippen molar-refractivity contribution in [2.24, 2.45) is 5.92 Å². The molecule has 10 heteroatoms. The van der Waals surface area contributed by atoms with Gasteiger partial charge in [-0.05, 0) is 42.2 Å². The van der Waals surface area contributed by atoms with Crippen molar-refractivity contribution in [1.82, 2.24) is 0 Å². The smallest absolute Gasteiger partial charge is 0.338 e. The summed E-state index contributed by atoms with van der Waals surface area (Å²) in [5.74, 6) is -4.53. The van der Waals surface area contributed by atoms with Crippen LogP contribution < -0.4 is 4.73 Å². The van der Waals surface area contributed by atoms with E-state index in [4.69, 9.17) is 16.7 Å². The maximum absolute atomic E-state index is 14.7. The van der Waals surface area contributed by atoms with Crippen molar-refractivity contribution in [3.8, 4) is 11.1 Å². The molecule has 1 aliphatic carbocycles. The molecule has 3 aromatic rings. The van der Waals surface area contributed by atoms with Crippen molar-refractivity contribution in [2.45, 2.75) is 38.0 Å². The zero-order valence-electron chi connectivity index (χ0n) is 18.7. The second-order valence-corrected chi connectivity index (χ2v) is 9.20. The summed E-state index contributed by atoms with van der Waals surface area (Å²) in [5, 5.41) is 21.6. The first-order valence-electron chi connectivity index (χ1n) is 11.1. The minimum atomic E-state index is -3.01. The summed E-state index contributed by atoms with van der Waals surface area (Å²) in [6.45, 7) is 0. The molecule has 4 rings (SSSR count). The highest BCUT2D eigenvalue weighted by atomic mass is 35.5. The van der Waals surface area contributed by atoms with E-state index in [1.165, 1.54) is 18.2 Å². The third kappa shape index (κ3) is 5.36. The van der Waals surface area contributed by atoms with Crippen LogP contribution in [-0.4, -0.2) is 16.9 Å². The lowest BCUT2D eigenvalue weighted by Gasteiger charge is -2.17. The number of aromatic nitrogens is 1. The Morgan fingerprint density at radius 2 is 1.83 bits per heavy atom. The van der Waals surface area contributed by atoms with Crippen molar-refractivity contribution < 1.29 is 37.0 Å². The molecule has 1 N–H and O–H groups in total. The van der Waals surface area contributed by atoms with Crippen LogP contribution in [0.1, 0.15) is 58.8 Å². The van der Waals surface area contributed by atoms with Crippen LogP contribution in [0, 0.1) is 22.8 Å². The summed E-state index contributed by atoms with van der Waals surface area (Å²) in [6, 6.07) is 7.97. The molecular weight excluding hydrogens is 502 g/mol. The first-order chi connectivity index (χ1) is 17.1. The number of carboxylic acids is 1. The molecule has 188 valence electrons. The number of hydrogen-bond donors (Lipinski definition) is 1. The first-order valence-corrected chi connectivity index (χ1v) is 11.5. The Hall–Kier alpha value is -3.46. The van der Waals surface area contributed by atoms with Crippen molar-refractivity contribution in [3.05, 3.63) is 92.9 Å². The van der Waals surface area contributed by atoms with Gasteiger partial charge in [0.15, 0.2) is 12.0 Å². The van der Waals surface area contributed by atoms with Gasteiger partial charge in [-0.1, -0.05) is 36.6 Å². The molecule has 0 bridgehead atoms. The predicted octanol–water partition coefficient (Wildman–Crippen LogP) is 6.25. The average Bonchev–Trinajstić information content (AvgIpc) is 3.63. The number of carboxylic acid groups (broad SMARTS) is 1. The number of carbonyl (C=O) groups excluding carboxylic acids is 1. The SMILES string of the molecule is O=C(O)c1ccc(CC(=O)C(CC2CC2)c2ccc(-c3c(C(F)F)ccc(Cl)c3F)c[n+]2[O-])cc1F. The minimum absolute atomic E-state index is 0.0549. The normalized spacial score (nSPS) is 14.2. The van der Waals surface area contributed by atoms with Gasteiger partial charge >= 0.3 is 5.97 Å². The third-order valence-corrected chi connectivity index (χ3v) is 6.54. The molecule has 2 aromatic carbocycles. The van der Waals surface area contributed by atoms with Gasteiger partial charge < -0.3 is 10.3 Å². The van der Waals surface area contributed by atoms with Crippen LogP contribution in [0.15, 0.2) is 48.7 Å². The number of alkyl halides is 2. The number of aromatic carboxylic acids is 1. The number of ketones is 1. The summed E-state index contributed by atoms with van der Waals surface area (Å²) in [6.07, 6.45) is -0.186. The Bertz CT molecular complexity index is 1340. The molecule has 5 nitrogen and oxygen atoms in total. The Kier molecular flexibility index (Phi) is 7.31. The molecule has 36 heavy (non-hydrogen) atoms. The highest BCUT2D eigenvalue weighted by Crippen LogP contribution is 2.40. The van der Waals surface area contributed by atoms with E-state index in [-0.39, 0.29) is 40.0 Å². The Labute approximate surface area is 208 Å². The van der Waals surface area contributed by atoms with Crippen molar-refractivity contribution in [2.75, 3.05) is 0 Å². The van der Waals surface area contributed by atoms with E-state index in [1.807, 2.05) is 0 Å². The number of rotatable bonds is 9. The van der Waals surface area contributed by atoms with Crippen LogP contribution in [0.4, 0.5) is 17.6 Å². The van der Waals surface area contributed by atoms with Gasteiger partial charge in [0.2, 0.25) is 5.69 Å². The van der Waals surface area contributed by atoms with Crippen LogP contribution in [0.25, 0.3) is 11.1 Å². The number of halogens is 5. The van der Waals surface area contributed by atoms with Gasteiger partial charge in [-0.2, -0.15) is 4.73 Å². The van der Waals surface area contributed by atoms with Gasteiger partial charge in [0, 0.05) is 23.6 Å². The second-order valence-electron chi connectivity index (χ2n) is 8.79. The van der Waals surface area contributed by atoms with Gasteiger partial charge in [-0.3, -0.25) is 4.79 Å². The van der Waals surface area contributed by atoms with Crippen molar-refractivity contribution in [3.63, 3.8) is 0 Å². The largest absolute Gasteiger partial charge is 0.618 e. The lowest BCUT2D eigenvalue weighted by molar-refractivity contribution is -0.614. The van der Waals surface area contributed by atoms with Gasteiger partial charge in [0.1, 0.15) is 17.6 Å². The fourth-order valence-electron chi connectivity index (χ4n) is 4.22. The van der Waals surface area contributed by atoms with E-state index in [1.54, 1.807) is 0 Å². The number of Topliss-reactive ketones (excluding diaryl/α,β-unsaturated/α-hetero) is 1. The van der Waals surface area contributed by atoms with E-state index in [9.17, 15) is 32.4 Å². The number of nitrogens with zero attached hydrogens (tertiary/aromatic N) is 1. The molecule has 1 aliphatic rings. The van der Waals surface area contributed by atoms with Gasteiger partial charge in [-0.15, -0.1) is 0 Å². The Morgan fingerprint density at radius 3 is 2.42 bits per heavy atom.